The van der Waals surface area contributed by atoms with Gasteiger partial charge < -0.3 is 0 Å². The second-order valence-corrected chi connectivity index (χ2v) is 5.43. The van der Waals surface area contributed by atoms with Crippen LogP contribution in [0.4, 0.5) is 8.78 Å². The molecule has 6 heteroatoms. The highest BCUT2D eigenvalue weighted by molar-refractivity contribution is 5.80. The molecule has 0 bridgehead atoms. The molecule has 0 spiro atoms. The molecule has 120 valence electrons. The highest BCUT2D eigenvalue weighted by atomic mass is 19.2. The predicted octanol–water partition coefficient (Wildman–Crippen LogP) is 4.21. The molecule has 0 amide bonds. The Balaban J connectivity index is 1.92. The van der Waals surface area contributed by atoms with E-state index in [4.69, 9.17) is 0 Å². The first-order chi connectivity index (χ1) is 12.2. The van der Waals surface area contributed by atoms with Gasteiger partial charge in [0.1, 0.15) is 17.4 Å². The largest absolute Gasteiger partial charge is 0.291 e. The van der Waals surface area contributed by atoms with Crippen LogP contribution in [0.3, 0.4) is 0 Å². The van der Waals surface area contributed by atoms with Gasteiger partial charge in [0, 0.05) is 29.1 Å². The maximum absolute atomic E-state index is 13.6. The molecule has 4 aromatic rings. The van der Waals surface area contributed by atoms with Crippen molar-refractivity contribution in [2.45, 2.75) is 0 Å². The first kappa shape index (κ1) is 15.0. The molecule has 0 saturated heterocycles. The van der Waals surface area contributed by atoms with Gasteiger partial charge in [-0.05, 0) is 36.4 Å². The molecule has 25 heavy (non-hydrogen) atoms. The second kappa shape index (κ2) is 5.80. The molecule has 1 aromatic carbocycles. The first-order valence-electron chi connectivity index (χ1n) is 7.45. The van der Waals surface area contributed by atoms with Crippen LogP contribution in [0.1, 0.15) is 5.69 Å². The van der Waals surface area contributed by atoms with Crippen LogP contribution in [0.25, 0.3) is 28.0 Å². The number of rotatable bonds is 2. The minimum absolute atomic E-state index is 0.412. The third kappa shape index (κ3) is 2.52. The van der Waals surface area contributed by atoms with Crippen LogP contribution in [0.15, 0.2) is 61.1 Å². The molecule has 0 saturated carbocycles. The van der Waals surface area contributed by atoms with Crippen molar-refractivity contribution in [1.29, 1.82) is 5.26 Å². The standard InChI is InChI=1S/C19H10F2N4/c20-16-5-3-12(8-17(16)21)19-15(2-1-7-23-19)13-4-6-18-24-10-14(9-22)25(18)11-13/h1-8,10-11H. The fraction of sp³-hybridized carbons (Fsp3) is 0. The molecule has 0 aliphatic carbocycles. The van der Waals surface area contributed by atoms with Gasteiger partial charge in [0.05, 0.1) is 11.9 Å². The van der Waals surface area contributed by atoms with Gasteiger partial charge in [-0.2, -0.15) is 5.26 Å². The van der Waals surface area contributed by atoms with Gasteiger partial charge in [-0.25, -0.2) is 13.8 Å². The van der Waals surface area contributed by atoms with Gasteiger partial charge in [0.25, 0.3) is 0 Å². The van der Waals surface area contributed by atoms with E-state index < -0.39 is 11.6 Å². The first-order valence-corrected chi connectivity index (χ1v) is 7.45. The molecule has 0 aliphatic heterocycles. The topological polar surface area (TPSA) is 54.0 Å². The molecule has 0 N–H and O–H groups in total. The van der Waals surface area contributed by atoms with Gasteiger partial charge in [0.15, 0.2) is 11.6 Å². The van der Waals surface area contributed by atoms with Gasteiger partial charge >= 0.3 is 0 Å². The molecule has 0 atom stereocenters. The number of aromatic nitrogens is 3. The summed E-state index contributed by atoms with van der Waals surface area (Å²) in [6.45, 7) is 0. The summed E-state index contributed by atoms with van der Waals surface area (Å²) in [5.74, 6) is -1.83. The Hall–Kier alpha value is -3.59. The number of halogens is 2. The van der Waals surface area contributed by atoms with Crippen LogP contribution >= 0.6 is 0 Å². The summed E-state index contributed by atoms with van der Waals surface area (Å²) in [6, 6.07) is 13.0. The summed E-state index contributed by atoms with van der Waals surface area (Å²) in [4.78, 5) is 8.49. The van der Waals surface area contributed by atoms with Crippen LogP contribution in [-0.4, -0.2) is 14.4 Å². The fourth-order valence-corrected chi connectivity index (χ4v) is 2.73. The SMILES string of the molecule is N#Cc1cnc2ccc(-c3cccnc3-c3ccc(F)c(F)c3)cn12. The molecular weight excluding hydrogens is 322 g/mol. The number of hydrogen-bond acceptors (Lipinski definition) is 3. The number of imidazole rings is 1. The highest BCUT2D eigenvalue weighted by Crippen LogP contribution is 2.31. The zero-order valence-corrected chi connectivity index (χ0v) is 12.8. The Morgan fingerprint density at radius 2 is 1.80 bits per heavy atom. The molecular formula is C19H10F2N4. The molecule has 4 rings (SSSR count). The molecule has 0 aliphatic rings. The van der Waals surface area contributed by atoms with Crippen molar-refractivity contribution in [3.05, 3.63) is 78.4 Å². The minimum atomic E-state index is -0.925. The summed E-state index contributed by atoms with van der Waals surface area (Å²) in [7, 11) is 0. The van der Waals surface area contributed by atoms with Crippen LogP contribution < -0.4 is 0 Å². The van der Waals surface area contributed by atoms with Gasteiger partial charge in [-0.3, -0.25) is 9.38 Å². The predicted molar refractivity (Wildman–Crippen MR) is 88.5 cm³/mol. The van der Waals surface area contributed by atoms with E-state index in [9.17, 15) is 14.0 Å². The van der Waals surface area contributed by atoms with E-state index in [-0.39, 0.29) is 0 Å². The normalized spacial score (nSPS) is 10.8. The third-order valence-corrected chi connectivity index (χ3v) is 3.93. The number of nitrogens with zero attached hydrogens (tertiary/aromatic N) is 4. The Bertz CT molecular complexity index is 1140. The lowest BCUT2D eigenvalue weighted by Gasteiger charge is -2.10. The minimum Gasteiger partial charge on any atom is -0.291 e. The van der Waals surface area contributed by atoms with E-state index in [1.807, 2.05) is 12.1 Å². The van der Waals surface area contributed by atoms with Crippen molar-refractivity contribution >= 4 is 5.65 Å². The highest BCUT2D eigenvalue weighted by Gasteiger charge is 2.12. The summed E-state index contributed by atoms with van der Waals surface area (Å²) in [5, 5.41) is 9.17. The number of pyridine rings is 2. The van der Waals surface area contributed by atoms with Crippen LogP contribution in [-0.2, 0) is 0 Å². The van der Waals surface area contributed by atoms with E-state index in [0.717, 1.165) is 23.3 Å². The van der Waals surface area contributed by atoms with Crippen LogP contribution in [0.2, 0.25) is 0 Å². The maximum Gasteiger partial charge on any atom is 0.159 e. The number of fused-ring (bicyclic) bond motifs is 1. The summed E-state index contributed by atoms with van der Waals surface area (Å²) >= 11 is 0. The van der Waals surface area contributed by atoms with Crippen LogP contribution in [0, 0.1) is 23.0 Å². The third-order valence-electron chi connectivity index (χ3n) is 3.93. The van der Waals surface area contributed by atoms with E-state index in [2.05, 4.69) is 16.0 Å². The Labute approximate surface area is 141 Å². The lowest BCUT2D eigenvalue weighted by Crippen LogP contribution is -1.94. The van der Waals surface area contributed by atoms with E-state index in [0.29, 0.717) is 22.6 Å². The van der Waals surface area contributed by atoms with Crippen molar-refractivity contribution < 1.29 is 8.78 Å². The number of hydrogen-bond donors (Lipinski definition) is 0. The van der Waals surface area contributed by atoms with E-state index >= 15 is 0 Å². The molecule has 4 nitrogen and oxygen atoms in total. The summed E-state index contributed by atoms with van der Waals surface area (Å²) < 4.78 is 28.5. The van der Waals surface area contributed by atoms with Crippen molar-refractivity contribution in [3.63, 3.8) is 0 Å². The Morgan fingerprint density at radius 3 is 2.60 bits per heavy atom. The number of nitriles is 1. The zero-order chi connectivity index (χ0) is 17.4. The van der Waals surface area contributed by atoms with Crippen LogP contribution in [0.5, 0.6) is 0 Å². The monoisotopic (exact) mass is 332 g/mol. The molecule has 0 unspecified atom stereocenters. The smallest absolute Gasteiger partial charge is 0.159 e. The van der Waals surface area contributed by atoms with Gasteiger partial charge in [0.2, 0.25) is 0 Å². The molecule has 0 radical (unpaired) electrons. The van der Waals surface area contributed by atoms with Crippen molar-refractivity contribution in [1.82, 2.24) is 14.4 Å². The van der Waals surface area contributed by atoms with Crippen molar-refractivity contribution in [2.24, 2.45) is 0 Å². The number of benzene rings is 1. The van der Waals surface area contributed by atoms with Crippen molar-refractivity contribution in [2.75, 3.05) is 0 Å². The Morgan fingerprint density at radius 1 is 0.960 bits per heavy atom. The summed E-state index contributed by atoms with van der Waals surface area (Å²) in [5.41, 5.74) is 3.59. The fourth-order valence-electron chi connectivity index (χ4n) is 2.73. The average Bonchev–Trinajstić information content (AvgIpc) is 3.06. The quantitative estimate of drug-likeness (QED) is 0.552. The maximum atomic E-state index is 13.6. The van der Waals surface area contributed by atoms with Crippen molar-refractivity contribution in [3.8, 4) is 28.5 Å². The molecule has 0 fully saturated rings. The lowest BCUT2D eigenvalue weighted by molar-refractivity contribution is 0.509. The van der Waals surface area contributed by atoms with E-state index in [1.165, 1.54) is 12.3 Å². The molecule has 3 aromatic heterocycles. The van der Waals surface area contributed by atoms with Gasteiger partial charge in [-0.15, -0.1) is 0 Å². The summed E-state index contributed by atoms with van der Waals surface area (Å²) in [6.07, 6.45) is 4.87. The van der Waals surface area contributed by atoms with E-state index in [1.54, 1.807) is 28.9 Å². The zero-order valence-electron chi connectivity index (χ0n) is 12.8. The van der Waals surface area contributed by atoms with Gasteiger partial charge in [-0.1, -0.05) is 6.07 Å². The average molecular weight is 332 g/mol. The lowest BCUT2D eigenvalue weighted by atomic mass is 10.0. The Kier molecular flexibility index (Phi) is 3.47. The second-order valence-electron chi connectivity index (χ2n) is 5.43. The molecule has 3 heterocycles.